The van der Waals surface area contributed by atoms with E-state index >= 15 is 0 Å². The number of rotatable bonds is 4. The molecule has 0 spiro atoms. The van der Waals surface area contributed by atoms with E-state index in [2.05, 4.69) is 43.2 Å². The lowest BCUT2D eigenvalue weighted by Gasteiger charge is -2.03. The molecule has 26 heavy (non-hydrogen) atoms. The summed E-state index contributed by atoms with van der Waals surface area (Å²) in [6, 6.07) is 14.0. The minimum atomic E-state index is 0.622. The zero-order valence-electron chi connectivity index (χ0n) is 13.9. The highest BCUT2D eigenvalue weighted by Gasteiger charge is 2.27. The van der Waals surface area contributed by atoms with Gasteiger partial charge in [-0.2, -0.15) is 0 Å². The summed E-state index contributed by atoms with van der Waals surface area (Å²) in [5.74, 6) is 1.30. The SMILES string of the molecule is [C-]#[N+]c1ccccc1CSc1nnc2c(n1)[nH]c1cccc(C3CC3)c12. The minimum absolute atomic E-state index is 0.622. The normalized spacial score (nSPS) is 14.0. The standard InChI is InChI=1S/C20H15N5S/c1-21-15-7-3-2-5-13(15)11-26-20-23-19-18(24-25-20)17-14(12-9-10-12)6-4-8-16(17)22-19/h2-8,12H,9-11H2,(H,22,23,25). The molecule has 1 aliphatic rings. The third kappa shape index (κ3) is 2.61. The molecule has 0 atom stereocenters. The van der Waals surface area contributed by atoms with Crippen molar-refractivity contribution in [3.63, 3.8) is 0 Å². The zero-order valence-corrected chi connectivity index (χ0v) is 14.8. The number of aromatic nitrogens is 4. The van der Waals surface area contributed by atoms with Crippen molar-refractivity contribution in [3.05, 3.63) is 65.0 Å². The van der Waals surface area contributed by atoms with Crippen molar-refractivity contribution in [2.75, 3.05) is 0 Å². The smallest absolute Gasteiger partial charge is 0.211 e. The Morgan fingerprint density at radius 1 is 1.12 bits per heavy atom. The quantitative estimate of drug-likeness (QED) is 0.401. The Balaban J connectivity index is 1.49. The molecule has 0 saturated heterocycles. The van der Waals surface area contributed by atoms with Gasteiger partial charge in [-0.1, -0.05) is 48.2 Å². The molecule has 6 heteroatoms. The van der Waals surface area contributed by atoms with E-state index < -0.39 is 0 Å². The molecule has 0 bridgehead atoms. The summed E-state index contributed by atoms with van der Waals surface area (Å²) in [6.45, 7) is 7.26. The number of nitrogens with zero attached hydrogens (tertiary/aromatic N) is 4. The lowest BCUT2D eigenvalue weighted by molar-refractivity contribution is 0.878. The summed E-state index contributed by atoms with van der Waals surface area (Å²) in [5, 5.41) is 10.6. The van der Waals surface area contributed by atoms with E-state index in [1.807, 2.05) is 24.3 Å². The number of thioether (sulfide) groups is 1. The van der Waals surface area contributed by atoms with Crippen LogP contribution in [0.4, 0.5) is 5.69 Å². The summed E-state index contributed by atoms with van der Waals surface area (Å²) >= 11 is 1.50. The topological polar surface area (TPSA) is 58.8 Å². The molecule has 1 saturated carbocycles. The van der Waals surface area contributed by atoms with Crippen molar-refractivity contribution in [2.24, 2.45) is 0 Å². The van der Waals surface area contributed by atoms with Gasteiger partial charge in [-0.3, -0.25) is 0 Å². The van der Waals surface area contributed by atoms with Crippen LogP contribution in [0.2, 0.25) is 0 Å². The highest BCUT2D eigenvalue weighted by molar-refractivity contribution is 7.98. The number of nitrogens with one attached hydrogen (secondary N) is 1. The summed E-state index contributed by atoms with van der Waals surface area (Å²) < 4.78 is 0. The van der Waals surface area contributed by atoms with E-state index in [1.165, 1.54) is 35.6 Å². The molecule has 5 rings (SSSR count). The van der Waals surface area contributed by atoms with Crippen LogP contribution in [0.3, 0.4) is 0 Å². The fraction of sp³-hybridized carbons (Fsp3) is 0.200. The summed E-state index contributed by atoms with van der Waals surface area (Å²) in [7, 11) is 0. The molecule has 1 aliphatic carbocycles. The van der Waals surface area contributed by atoms with Crippen LogP contribution in [-0.2, 0) is 5.75 Å². The number of benzene rings is 2. The molecule has 4 aromatic rings. The molecule has 126 valence electrons. The van der Waals surface area contributed by atoms with Gasteiger partial charge in [0.15, 0.2) is 11.3 Å². The Bertz CT molecular complexity index is 1170. The number of para-hydroxylation sites is 1. The number of fused-ring (bicyclic) bond motifs is 3. The monoisotopic (exact) mass is 357 g/mol. The number of hydrogen-bond donors (Lipinski definition) is 1. The van der Waals surface area contributed by atoms with Crippen molar-refractivity contribution in [1.82, 2.24) is 20.2 Å². The third-order valence-corrected chi connectivity index (χ3v) is 5.63. The molecule has 2 aromatic heterocycles. The lowest BCUT2D eigenvalue weighted by Crippen LogP contribution is -1.92. The molecule has 2 aromatic carbocycles. The third-order valence-electron chi connectivity index (χ3n) is 4.74. The highest BCUT2D eigenvalue weighted by atomic mass is 32.2. The molecular weight excluding hydrogens is 342 g/mol. The second-order valence-corrected chi connectivity index (χ2v) is 7.43. The van der Waals surface area contributed by atoms with Gasteiger partial charge in [-0.25, -0.2) is 9.83 Å². The molecule has 2 heterocycles. The first kappa shape index (κ1) is 15.4. The van der Waals surface area contributed by atoms with Crippen molar-refractivity contribution >= 4 is 39.5 Å². The Labute approximate surface area is 154 Å². The van der Waals surface area contributed by atoms with Gasteiger partial charge in [0.05, 0.1) is 6.57 Å². The lowest BCUT2D eigenvalue weighted by atomic mass is 10.1. The first-order chi connectivity index (χ1) is 12.8. The van der Waals surface area contributed by atoms with Crippen molar-refractivity contribution in [3.8, 4) is 0 Å². The predicted octanol–water partition coefficient (Wildman–Crippen LogP) is 5.23. The van der Waals surface area contributed by atoms with Gasteiger partial charge in [0, 0.05) is 16.7 Å². The van der Waals surface area contributed by atoms with Crippen molar-refractivity contribution < 1.29 is 0 Å². The largest absolute Gasteiger partial charge is 0.338 e. The van der Waals surface area contributed by atoms with Crippen LogP contribution in [0.1, 0.15) is 29.9 Å². The van der Waals surface area contributed by atoms with E-state index in [9.17, 15) is 0 Å². The molecule has 0 unspecified atom stereocenters. The minimum Gasteiger partial charge on any atom is -0.338 e. The fourth-order valence-corrected chi connectivity index (χ4v) is 4.10. The summed E-state index contributed by atoms with van der Waals surface area (Å²) in [5.41, 5.74) is 5.73. The average molecular weight is 357 g/mol. The van der Waals surface area contributed by atoms with E-state index in [0.29, 0.717) is 22.5 Å². The van der Waals surface area contributed by atoms with E-state index in [4.69, 9.17) is 6.57 Å². The maximum Gasteiger partial charge on any atom is 0.211 e. The van der Waals surface area contributed by atoms with Gasteiger partial charge in [-0.05, 0) is 36.0 Å². The van der Waals surface area contributed by atoms with Crippen LogP contribution in [0.25, 0.3) is 26.9 Å². The highest BCUT2D eigenvalue weighted by Crippen LogP contribution is 2.44. The second kappa shape index (κ2) is 6.11. The van der Waals surface area contributed by atoms with E-state index in [-0.39, 0.29) is 0 Å². The van der Waals surface area contributed by atoms with Gasteiger partial charge in [-0.15, -0.1) is 10.2 Å². The van der Waals surface area contributed by atoms with E-state index in [1.54, 1.807) is 0 Å². The van der Waals surface area contributed by atoms with Crippen LogP contribution >= 0.6 is 11.8 Å². The molecule has 5 nitrogen and oxygen atoms in total. The van der Waals surface area contributed by atoms with E-state index in [0.717, 1.165) is 22.2 Å². The Morgan fingerprint density at radius 2 is 2.00 bits per heavy atom. The van der Waals surface area contributed by atoms with Crippen LogP contribution < -0.4 is 0 Å². The zero-order chi connectivity index (χ0) is 17.5. The molecule has 1 fully saturated rings. The van der Waals surface area contributed by atoms with Crippen LogP contribution in [-0.4, -0.2) is 20.2 Å². The molecule has 0 radical (unpaired) electrons. The Kier molecular flexibility index (Phi) is 3.61. The maximum absolute atomic E-state index is 7.26. The number of aromatic amines is 1. The first-order valence-corrected chi connectivity index (χ1v) is 9.55. The van der Waals surface area contributed by atoms with Crippen molar-refractivity contribution in [2.45, 2.75) is 29.7 Å². The van der Waals surface area contributed by atoms with Gasteiger partial charge in [0.25, 0.3) is 0 Å². The van der Waals surface area contributed by atoms with Crippen LogP contribution in [0.5, 0.6) is 0 Å². The van der Waals surface area contributed by atoms with Crippen LogP contribution in [0.15, 0.2) is 47.6 Å². The van der Waals surface area contributed by atoms with Gasteiger partial charge in [0.2, 0.25) is 5.16 Å². The Morgan fingerprint density at radius 3 is 2.85 bits per heavy atom. The molecular formula is C20H15N5S. The fourth-order valence-electron chi connectivity index (χ4n) is 3.31. The summed E-state index contributed by atoms with van der Waals surface area (Å²) in [6.07, 6.45) is 2.50. The molecule has 0 aliphatic heterocycles. The maximum atomic E-state index is 7.26. The van der Waals surface area contributed by atoms with Gasteiger partial charge >= 0.3 is 0 Å². The number of H-pyrrole nitrogens is 1. The van der Waals surface area contributed by atoms with Gasteiger partial charge in [0.1, 0.15) is 5.52 Å². The first-order valence-electron chi connectivity index (χ1n) is 8.56. The molecule has 0 amide bonds. The molecule has 1 N–H and O–H groups in total. The van der Waals surface area contributed by atoms with Gasteiger partial charge < -0.3 is 4.98 Å². The predicted molar refractivity (Wildman–Crippen MR) is 103 cm³/mol. The Hall–Kier alpha value is -2.91. The summed E-state index contributed by atoms with van der Waals surface area (Å²) in [4.78, 5) is 11.6. The number of hydrogen-bond acceptors (Lipinski definition) is 4. The van der Waals surface area contributed by atoms with Crippen molar-refractivity contribution in [1.29, 1.82) is 0 Å². The second-order valence-electron chi connectivity index (χ2n) is 6.49. The van der Waals surface area contributed by atoms with Crippen LogP contribution in [0, 0.1) is 6.57 Å². The average Bonchev–Trinajstić information content (AvgIpc) is 3.46.